The maximum absolute atomic E-state index is 12.4. The second-order valence-electron chi connectivity index (χ2n) is 6.98. The number of piperidine rings is 1. The van der Waals surface area contributed by atoms with Crippen LogP contribution in [0.15, 0.2) is 23.1 Å². The molecular formula is C15H23N3O5S. The summed E-state index contributed by atoms with van der Waals surface area (Å²) in [5, 5.41) is 21.0. The average molecular weight is 357 g/mol. The Bertz CT molecular complexity index is 719. The van der Waals surface area contributed by atoms with Gasteiger partial charge >= 0.3 is 0 Å². The number of nitro benzene ring substituents is 1. The number of nitrogens with zero attached hydrogens (tertiary/aromatic N) is 2. The molecule has 0 saturated carbocycles. The van der Waals surface area contributed by atoms with Gasteiger partial charge in [-0.3, -0.25) is 10.1 Å². The Kier molecular flexibility index (Phi) is 5.17. The Hall–Kier alpha value is -1.71. The van der Waals surface area contributed by atoms with Gasteiger partial charge in [-0.1, -0.05) is 0 Å². The molecule has 1 aliphatic heterocycles. The van der Waals surface area contributed by atoms with Crippen LogP contribution in [0, 0.1) is 10.1 Å². The van der Waals surface area contributed by atoms with E-state index in [1.165, 1.54) is 12.1 Å². The summed E-state index contributed by atoms with van der Waals surface area (Å²) in [6.07, 6.45) is 0.668. The van der Waals surface area contributed by atoms with E-state index in [9.17, 15) is 23.6 Å². The van der Waals surface area contributed by atoms with Gasteiger partial charge in [0, 0.05) is 24.7 Å². The van der Waals surface area contributed by atoms with Crippen molar-refractivity contribution in [2.24, 2.45) is 0 Å². The van der Waals surface area contributed by atoms with E-state index in [2.05, 4.69) is 4.72 Å². The molecule has 1 heterocycles. The number of sulfonamides is 1. The third-order valence-electron chi connectivity index (χ3n) is 3.70. The first-order valence-electron chi connectivity index (χ1n) is 7.75. The minimum absolute atomic E-state index is 0.134. The fraction of sp³-hybridized carbons (Fsp3) is 0.600. The summed E-state index contributed by atoms with van der Waals surface area (Å²) in [4.78, 5) is 12.5. The minimum atomic E-state index is -3.84. The number of anilines is 1. The summed E-state index contributed by atoms with van der Waals surface area (Å²) >= 11 is 0. The highest BCUT2D eigenvalue weighted by atomic mass is 32.2. The standard InChI is InChI=1S/C15H23N3O5S/c1-15(2,3)16-24(22,23)12-4-5-13(14(10-12)18(20)21)17-8-6-11(19)7-9-17/h4-5,10-11,16,19H,6-9H2,1-3H3. The number of hydrogen-bond acceptors (Lipinski definition) is 6. The van der Waals surface area contributed by atoms with E-state index in [0.717, 1.165) is 6.07 Å². The first kappa shape index (κ1) is 18.6. The molecule has 0 unspecified atom stereocenters. The Balaban J connectivity index is 2.39. The van der Waals surface area contributed by atoms with Crippen molar-refractivity contribution in [2.45, 2.75) is 50.2 Å². The van der Waals surface area contributed by atoms with Crippen LogP contribution < -0.4 is 9.62 Å². The molecule has 0 amide bonds. The Morgan fingerprint density at radius 3 is 2.38 bits per heavy atom. The van der Waals surface area contributed by atoms with Gasteiger partial charge in [0.05, 0.1) is 15.9 Å². The van der Waals surface area contributed by atoms with Crippen molar-refractivity contribution in [2.75, 3.05) is 18.0 Å². The van der Waals surface area contributed by atoms with Crippen LogP contribution >= 0.6 is 0 Å². The van der Waals surface area contributed by atoms with Crippen LogP contribution in [0.2, 0.25) is 0 Å². The van der Waals surface area contributed by atoms with Crippen molar-refractivity contribution in [3.05, 3.63) is 28.3 Å². The zero-order valence-corrected chi connectivity index (χ0v) is 14.8. The number of hydrogen-bond donors (Lipinski definition) is 2. The van der Waals surface area contributed by atoms with Crippen molar-refractivity contribution < 1.29 is 18.4 Å². The van der Waals surface area contributed by atoms with Gasteiger partial charge in [0.1, 0.15) is 5.69 Å². The molecule has 8 nitrogen and oxygen atoms in total. The largest absolute Gasteiger partial charge is 0.393 e. The second kappa shape index (κ2) is 6.66. The van der Waals surface area contributed by atoms with Crippen molar-refractivity contribution >= 4 is 21.4 Å². The van der Waals surface area contributed by atoms with Gasteiger partial charge in [0.2, 0.25) is 10.0 Å². The highest BCUT2D eigenvalue weighted by Crippen LogP contribution is 2.32. The van der Waals surface area contributed by atoms with Gasteiger partial charge in [0.15, 0.2) is 0 Å². The highest BCUT2D eigenvalue weighted by molar-refractivity contribution is 7.89. The van der Waals surface area contributed by atoms with E-state index in [0.29, 0.717) is 31.6 Å². The first-order valence-corrected chi connectivity index (χ1v) is 9.23. The van der Waals surface area contributed by atoms with Gasteiger partial charge in [-0.25, -0.2) is 13.1 Å². The predicted octanol–water partition coefficient (Wildman–Crippen LogP) is 1.63. The van der Waals surface area contributed by atoms with Gasteiger partial charge in [-0.2, -0.15) is 0 Å². The Labute approximate surface area is 141 Å². The van der Waals surface area contributed by atoms with Gasteiger partial charge < -0.3 is 10.0 Å². The number of benzene rings is 1. The van der Waals surface area contributed by atoms with Gasteiger partial charge in [-0.05, 0) is 45.7 Å². The van der Waals surface area contributed by atoms with Crippen LogP contribution in [-0.4, -0.2) is 43.2 Å². The smallest absolute Gasteiger partial charge is 0.293 e. The number of aliphatic hydroxyl groups excluding tert-OH is 1. The normalized spacial score (nSPS) is 17.1. The lowest BCUT2D eigenvalue weighted by Gasteiger charge is -2.31. The fourth-order valence-electron chi connectivity index (χ4n) is 2.65. The summed E-state index contributed by atoms with van der Waals surface area (Å²) in [5.41, 5.74) is -0.556. The van der Waals surface area contributed by atoms with Crippen molar-refractivity contribution in [3.63, 3.8) is 0 Å². The minimum Gasteiger partial charge on any atom is -0.393 e. The zero-order valence-electron chi connectivity index (χ0n) is 14.0. The molecule has 9 heteroatoms. The van der Waals surface area contributed by atoms with Gasteiger partial charge in [-0.15, -0.1) is 0 Å². The van der Waals surface area contributed by atoms with Crippen LogP contribution in [0.5, 0.6) is 0 Å². The summed E-state index contributed by atoms with van der Waals surface area (Å²) < 4.78 is 27.2. The maximum Gasteiger partial charge on any atom is 0.293 e. The van der Waals surface area contributed by atoms with Crippen LogP contribution in [0.3, 0.4) is 0 Å². The zero-order chi connectivity index (χ0) is 18.1. The van der Waals surface area contributed by atoms with E-state index in [4.69, 9.17) is 0 Å². The summed E-state index contributed by atoms with van der Waals surface area (Å²) in [5.74, 6) is 0. The molecule has 0 spiro atoms. The first-order chi connectivity index (χ1) is 11.0. The van der Waals surface area contributed by atoms with Crippen LogP contribution in [-0.2, 0) is 10.0 Å². The summed E-state index contributed by atoms with van der Waals surface area (Å²) in [6, 6.07) is 3.93. The quantitative estimate of drug-likeness (QED) is 0.625. The topological polar surface area (TPSA) is 113 Å². The predicted molar refractivity (Wildman–Crippen MR) is 90.6 cm³/mol. The molecular weight excluding hydrogens is 334 g/mol. The van der Waals surface area contributed by atoms with Crippen molar-refractivity contribution in [1.82, 2.24) is 4.72 Å². The summed E-state index contributed by atoms with van der Waals surface area (Å²) in [6.45, 7) is 6.09. The number of nitro groups is 1. The van der Waals surface area contributed by atoms with E-state index in [1.54, 1.807) is 25.7 Å². The van der Waals surface area contributed by atoms with Crippen LogP contribution in [0.4, 0.5) is 11.4 Å². The van der Waals surface area contributed by atoms with E-state index in [-0.39, 0.29) is 10.6 Å². The number of aliphatic hydroxyl groups is 1. The van der Waals surface area contributed by atoms with Crippen molar-refractivity contribution in [3.8, 4) is 0 Å². The molecule has 2 rings (SSSR count). The molecule has 0 aliphatic carbocycles. The molecule has 1 aromatic rings. The number of rotatable bonds is 4. The van der Waals surface area contributed by atoms with E-state index >= 15 is 0 Å². The monoisotopic (exact) mass is 357 g/mol. The molecule has 1 saturated heterocycles. The number of nitrogens with one attached hydrogen (secondary N) is 1. The molecule has 1 fully saturated rings. The van der Waals surface area contributed by atoms with Crippen LogP contribution in [0.25, 0.3) is 0 Å². The third-order valence-corrected chi connectivity index (χ3v) is 5.46. The lowest BCUT2D eigenvalue weighted by Crippen LogP contribution is -2.40. The molecule has 24 heavy (non-hydrogen) atoms. The second-order valence-corrected chi connectivity index (χ2v) is 8.66. The SMILES string of the molecule is CC(C)(C)NS(=O)(=O)c1ccc(N2CCC(O)CC2)c([N+](=O)[O-])c1. The highest BCUT2D eigenvalue weighted by Gasteiger charge is 2.28. The molecule has 1 aromatic carbocycles. The van der Waals surface area contributed by atoms with E-state index < -0.39 is 26.6 Å². The molecule has 0 aromatic heterocycles. The van der Waals surface area contributed by atoms with E-state index in [1.807, 2.05) is 0 Å². The fourth-order valence-corrected chi connectivity index (χ4v) is 4.09. The molecule has 1 aliphatic rings. The van der Waals surface area contributed by atoms with Crippen LogP contribution in [0.1, 0.15) is 33.6 Å². The average Bonchev–Trinajstić information content (AvgIpc) is 2.45. The Morgan fingerprint density at radius 1 is 1.29 bits per heavy atom. The third kappa shape index (κ3) is 4.43. The molecule has 2 N–H and O–H groups in total. The maximum atomic E-state index is 12.4. The molecule has 0 radical (unpaired) electrons. The lowest BCUT2D eigenvalue weighted by atomic mass is 10.1. The van der Waals surface area contributed by atoms with Gasteiger partial charge in [0.25, 0.3) is 5.69 Å². The Morgan fingerprint density at radius 2 is 1.88 bits per heavy atom. The molecule has 0 bridgehead atoms. The lowest BCUT2D eigenvalue weighted by molar-refractivity contribution is -0.384. The summed E-state index contributed by atoms with van der Waals surface area (Å²) in [7, 11) is -3.84. The molecule has 134 valence electrons. The molecule has 0 atom stereocenters. The van der Waals surface area contributed by atoms with Crippen molar-refractivity contribution in [1.29, 1.82) is 0 Å².